The number of benzene rings is 3. The second-order valence-corrected chi connectivity index (χ2v) is 6.77. The first-order chi connectivity index (χ1) is 12.1. The van der Waals surface area contributed by atoms with E-state index in [9.17, 15) is 9.90 Å². The molecule has 6 heteroatoms. The number of hydrogen-bond donors (Lipinski definition) is 2. The molecule has 2 N–H and O–H groups in total. The summed E-state index contributed by atoms with van der Waals surface area (Å²) >= 11 is 0. The highest BCUT2D eigenvalue weighted by Gasteiger charge is 2.32. The fraction of sp³-hybridized carbons (Fsp3) is 0.105. The van der Waals surface area contributed by atoms with Crippen molar-refractivity contribution in [1.82, 2.24) is 5.32 Å². The van der Waals surface area contributed by atoms with Crippen LogP contribution in [0, 0.1) is 0 Å². The summed E-state index contributed by atoms with van der Waals surface area (Å²) in [7, 11) is 2.66. The largest absolute Gasteiger partial charge is 0.506 e. The summed E-state index contributed by atoms with van der Waals surface area (Å²) in [6.45, 7) is 0.521. The van der Waals surface area contributed by atoms with Gasteiger partial charge in [0.15, 0.2) is 11.5 Å². The first-order valence-corrected chi connectivity index (χ1v) is 8.47. The lowest BCUT2D eigenvalue weighted by Gasteiger charge is -2.16. The molecule has 0 radical (unpaired) electrons. The van der Waals surface area contributed by atoms with Gasteiger partial charge in [-0.15, -0.1) is 9.24 Å². The van der Waals surface area contributed by atoms with Crippen molar-refractivity contribution in [2.24, 2.45) is 0 Å². The Hall–Kier alpha value is -2.78. The van der Waals surface area contributed by atoms with Gasteiger partial charge in [-0.2, -0.15) is 0 Å². The Labute approximate surface area is 145 Å². The van der Waals surface area contributed by atoms with Gasteiger partial charge in [-0.1, -0.05) is 24.3 Å². The lowest BCUT2D eigenvalue weighted by atomic mass is 9.89. The minimum atomic E-state index is -0.254. The van der Waals surface area contributed by atoms with E-state index in [0.717, 1.165) is 27.4 Å². The summed E-state index contributed by atoms with van der Waals surface area (Å²) in [4.78, 5) is 12.3. The molecule has 0 saturated heterocycles. The molecule has 2 heterocycles. The Kier molecular flexibility index (Phi) is 2.97. The third-order valence-electron chi connectivity index (χ3n) is 4.74. The van der Waals surface area contributed by atoms with E-state index in [0.29, 0.717) is 29.0 Å². The molecule has 3 aromatic rings. The maximum atomic E-state index is 12.3. The summed E-state index contributed by atoms with van der Waals surface area (Å²) in [5.74, 6) is 0.994. The van der Waals surface area contributed by atoms with Gasteiger partial charge in [0.2, 0.25) is 6.79 Å². The van der Waals surface area contributed by atoms with E-state index < -0.39 is 0 Å². The van der Waals surface area contributed by atoms with Crippen LogP contribution in [0.1, 0.15) is 15.9 Å². The van der Waals surface area contributed by atoms with Gasteiger partial charge in [0, 0.05) is 17.3 Å². The zero-order chi connectivity index (χ0) is 17.1. The van der Waals surface area contributed by atoms with Crippen molar-refractivity contribution in [3.8, 4) is 28.4 Å². The number of ether oxygens (including phenoxy) is 2. The van der Waals surface area contributed by atoms with Gasteiger partial charge >= 0.3 is 0 Å². The second kappa shape index (κ2) is 5.11. The van der Waals surface area contributed by atoms with Crippen LogP contribution >= 0.6 is 9.24 Å². The van der Waals surface area contributed by atoms with Gasteiger partial charge in [0.1, 0.15) is 5.75 Å². The normalized spacial score (nSPS) is 14.7. The molecule has 2 aliphatic heterocycles. The van der Waals surface area contributed by atoms with Gasteiger partial charge < -0.3 is 19.9 Å². The molecule has 1 atom stereocenters. The average molecular weight is 351 g/mol. The minimum absolute atomic E-state index is 0.00952. The lowest BCUT2D eigenvalue weighted by Crippen LogP contribution is -2.12. The molecular weight excluding hydrogens is 337 g/mol. The Balaban J connectivity index is 1.97. The highest BCUT2D eigenvalue weighted by molar-refractivity contribution is 7.27. The van der Waals surface area contributed by atoms with Crippen LogP contribution in [0.3, 0.4) is 0 Å². The summed E-state index contributed by atoms with van der Waals surface area (Å²) < 4.78 is 11.2. The smallest absolute Gasteiger partial charge is 0.255 e. The summed E-state index contributed by atoms with van der Waals surface area (Å²) in [6, 6.07) is 11.5. The Morgan fingerprint density at radius 3 is 2.64 bits per heavy atom. The minimum Gasteiger partial charge on any atom is -0.506 e. The van der Waals surface area contributed by atoms with E-state index in [1.807, 2.05) is 24.3 Å². The Bertz CT molecular complexity index is 1060. The fourth-order valence-corrected chi connectivity index (χ4v) is 3.81. The third kappa shape index (κ3) is 1.96. The molecule has 0 fully saturated rings. The number of aromatic hydroxyl groups is 1. The third-order valence-corrected chi connectivity index (χ3v) is 5.12. The molecule has 1 amide bonds. The van der Waals surface area contributed by atoms with E-state index in [-0.39, 0.29) is 18.4 Å². The van der Waals surface area contributed by atoms with Crippen LogP contribution < -0.4 is 20.1 Å². The molecule has 0 aromatic heterocycles. The zero-order valence-electron chi connectivity index (χ0n) is 13.1. The molecule has 124 valence electrons. The molecular formula is C19H14NO4P. The van der Waals surface area contributed by atoms with E-state index >= 15 is 0 Å². The Morgan fingerprint density at radius 1 is 1.04 bits per heavy atom. The van der Waals surface area contributed by atoms with Gasteiger partial charge in [0.25, 0.3) is 5.91 Å². The van der Waals surface area contributed by atoms with E-state index in [1.165, 1.54) is 0 Å². The number of phenols is 1. The van der Waals surface area contributed by atoms with Crippen LogP contribution in [-0.2, 0) is 6.54 Å². The van der Waals surface area contributed by atoms with Crippen LogP contribution in [0.4, 0.5) is 0 Å². The fourth-order valence-electron chi connectivity index (χ4n) is 3.62. The summed E-state index contributed by atoms with van der Waals surface area (Å²) in [5, 5.41) is 16.0. The van der Waals surface area contributed by atoms with Gasteiger partial charge in [-0.3, -0.25) is 4.79 Å². The topological polar surface area (TPSA) is 67.8 Å². The second-order valence-electron chi connectivity index (χ2n) is 6.10. The number of amides is 1. The molecule has 0 saturated carbocycles. The number of rotatable bonds is 1. The van der Waals surface area contributed by atoms with Crippen molar-refractivity contribution in [3.05, 3.63) is 47.5 Å². The standard InChI is InChI=1S/C19H14NO4P/c21-17-11-5-6-13-18(24-8-23-13)15(11)14(9-1-3-10(25)4-2-9)12-7-20-19(22)16(12)17/h1-6,21H,7-8,25H2,(H,20,22). The molecule has 5 rings (SSSR count). The lowest BCUT2D eigenvalue weighted by molar-refractivity contribution is 0.0963. The van der Waals surface area contributed by atoms with Crippen LogP contribution in [-0.4, -0.2) is 17.8 Å². The first kappa shape index (κ1) is 14.6. The number of hydrogen-bond acceptors (Lipinski definition) is 4. The van der Waals surface area contributed by atoms with E-state index in [2.05, 4.69) is 14.6 Å². The number of carbonyl (C=O) groups is 1. The molecule has 1 unspecified atom stereocenters. The first-order valence-electron chi connectivity index (χ1n) is 7.89. The molecule has 3 aromatic carbocycles. The van der Waals surface area contributed by atoms with Crippen molar-refractivity contribution in [1.29, 1.82) is 0 Å². The maximum absolute atomic E-state index is 12.3. The highest BCUT2D eigenvalue weighted by atomic mass is 31.0. The number of nitrogens with one attached hydrogen (secondary N) is 1. The predicted octanol–water partition coefficient (Wildman–Crippen LogP) is 2.68. The van der Waals surface area contributed by atoms with Gasteiger partial charge in [0.05, 0.1) is 5.56 Å². The predicted molar refractivity (Wildman–Crippen MR) is 97.7 cm³/mol. The number of fused-ring (bicyclic) bond motifs is 4. The van der Waals surface area contributed by atoms with Crippen LogP contribution in [0.2, 0.25) is 0 Å². The molecule has 0 aliphatic carbocycles. The zero-order valence-corrected chi connectivity index (χ0v) is 14.3. The van der Waals surface area contributed by atoms with Gasteiger partial charge in [-0.05, 0) is 34.1 Å². The molecule has 5 nitrogen and oxygen atoms in total. The van der Waals surface area contributed by atoms with Crippen molar-refractivity contribution >= 4 is 31.2 Å². The SMILES string of the molecule is O=C1NCc2c1c(O)c1ccc3c(c1c2-c1ccc(P)cc1)OCO3. The van der Waals surface area contributed by atoms with Crippen LogP contribution in [0.5, 0.6) is 17.2 Å². The van der Waals surface area contributed by atoms with Crippen molar-refractivity contribution in [3.63, 3.8) is 0 Å². The number of phenolic OH excluding ortho intramolecular Hbond substituents is 1. The number of carbonyl (C=O) groups excluding carboxylic acids is 1. The van der Waals surface area contributed by atoms with E-state index in [4.69, 9.17) is 9.47 Å². The Morgan fingerprint density at radius 2 is 1.84 bits per heavy atom. The quantitative estimate of drug-likeness (QED) is 0.662. The molecule has 0 spiro atoms. The maximum Gasteiger partial charge on any atom is 0.255 e. The molecule has 0 bridgehead atoms. The summed E-state index contributed by atoms with van der Waals surface area (Å²) in [6.07, 6.45) is 0. The molecule has 25 heavy (non-hydrogen) atoms. The van der Waals surface area contributed by atoms with Crippen molar-refractivity contribution in [2.45, 2.75) is 6.54 Å². The van der Waals surface area contributed by atoms with Crippen LogP contribution in [0.15, 0.2) is 36.4 Å². The molecule has 2 aliphatic rings. The van der Waals surface area contributed by atoms with Crippen molar-refractivity contribution < 1.29 is 19.4 Å². The van der Waals surface area contributed by atoms with E-state index in [1.54, 1.807) is 12.1 Å². The monoisotopic (exact) mass is 351 g/mol. The van der Waals surface area contributed by atoms with Crippen molar-refractivity contribution in [2.75, 3.05) is 6.79 Å². The highest BCUT2D eigenvalue weighted by Crippen LogP contribution is 2.50. The van der Waals surface area contributed by atoms with Crippen LogP contribution in [0.25, 0.3) is 21.9 Å². The summed E-state index contributed by atoms with van der Waals surface area (Å²) in [5.41, 5.74) is 2.99. The average Bonchev–Trinajstić information content (AvgIpc) is 3.23. The van der Waals surface area contributed by atoms with Gasteiger partial charge in [-0.25, -0.2) is 0 Å².